The molecule has 9 heteroatoms. The fourth-order valence-electron chi connectivity index (χ4n) is 2.87. The lowest BCUT2D eigenvalue weighted by Crippen LogP contribution is -2.39. The molecule has 1 aromatic heterocycles. The Bertz CT molecular complexity index is 816. The minimum absolute atomic E-state index is 0.125. The highest BCUT2D eigenvalue weighted by molar-refractivity contribution is 5.90. The smallest absolute Gasteiger partial charge is 0.322 e. The summed E-state index contributed by atoms with van der Waals surface area (Å²) in [6.07, 6.45) is 0.511. The average Bonchev–Trinajstić information content (AvgIpc) is 3.01. The topological polar surface area (TPSA) is 109 Å². The molecule has 1 aromatic carbocycles. The second-order valence-electron chi connectivity index (χ2n) is 5.55. The largest absolute Gasteiger partial charge is 0.493 e. The summed E-state index contributed by atoms with van der Waals surface area (Å²) in [6.45, 7) is 0.800. The highest BCUT2D eigenvalue weighted by Gasteiger charge is 2.24. The number of nitrogens with one attached hydrogen (secondary N) is 3. The molecule has 2 heterocycles. The number of carbonyl (C=O) groups excluding carboxylic acids is 1. The van der Waals surface area contributed by atoms with Gasteiger partial charge in [-0.3, -0.25) is 9.89 Å². The van der Waals surface area contributed by atoms with Gasteiger partial charge in [0.1, 0.15) is 0 Å². The average molecular weight is 348 g/mol. The molecule has 0 radical (unpaired) electrons. The predicted octanol–water partition coefficient (Wildman–Crippen LogP) is 1.32. The number of amides is 2. The van der Waals surface area contributed by atoms with E-state index in [0.29, 0.717) is 48.0 Å². The van der Waals surface area contributed by atoms with E-state index < -0.39 is 0 Å². The molecule has 0 unspecified atom stereocenters. The Hall–Kier alpha value is -3.10. The molecule has 2 amide bonds. The number of carbonyl (C=O) groups is 1. The van der Waals surface area contributed by atoms with E-state index in [-0.39, 0.29) is 11.6 Å². The van der Waals surface area contributed by atoms with E-state index in [4.69, 9.17) is 14.2 Å². The fourth-order valence-corrected chi connectivity index (χ4v) is 2.87. The molecule has 0 fully saturated rings. The summed E-state index contributed by atoms with van der Waals surface area (Å²) in [5, 5.41) is 8.17. The lowest BCUT2D eigenvalue weighted by Gasteiger charge is -2.26. The van der Waals surface area contributed by atoms with Crippen molar-refractivity contribution >= 4 is 11.7 Å². The molecule has 3 N–H and O–H groups in total. The van der Waals surface area contributed by atoms with Gasteiger partial charge in [0.25, 0.3) is 5.56 Å². The number of anilines is 1. The minimum atomic E-state index is -0.276. The summed E-state index contributed by atoms with van der Waals surface area (Å²) in [5.41, 5.74) is 1.83. The number of benzene rings is 1. The van der Waals surface area contributed by atoms with Crippen LogP contribution in [0.3, 0.4) is 0 Å². The van der Waals surface area contributed by atoms with Crippen molar-refractivity contribution in [3.63, 3.8) is 0 Å². The Morgan fingerprint density at radius 2 is 1.80 bits per heavy atom. The SMILES string of the molecule is COc1cc(NC(=O)N2CCc3c([nH][nH]c3=O)C2)cc(OC)c1OC. The third-order valence-electron chi connectivity index (χ3n) is 4.15. The van der Waals surface area contributed by atoms with Gasteiger partial charge < -0.3 is 29.5 Å². The Morgan fingerprint density at radius 1 is 1.12 bits per heavy atom. The molecular weight excluding hydrogens is 328 g/mol. The standard InChI is InChI=1S/C16H20N4O5/c1-23-12-6-9(7-13(24-2)14(12)25-3)17-16(22)20-5-4-10-11(8-20)18-19-15(10)21/h6-7H,4-5,8H2,1-3H3,(H,17,22)(H2,18,19,21). The highest BCUT2D eigenvalue weighted by Crippen LogP contribution is 2.40. The number of ether oxygens (including phenoxy) is 3. The van der Waals surface area contributed by atoms with E-state index in [2.05, 4.69) is 15.5 Å². The second kappa shape index (κ2) is 6.80. The predicted molar refractivity (Wildman–Crippen MR) is 90.6 cm³/mol. The summed E-state index contributed by atoms with van der Waals surface area (Å²) >= 11 is 0. The van der Waals surface area contributed by atoms with Gasteiger partial charge in [-0.15, -0.1) is 0 Å². The van der Waals surface area contributed by atoms with Gasteiger partial charge in [-0.05, 0) is 6.42 Å². The van der Waals surface area contributed by atoms with Crippen molar-refractivity contribution in [1.82, 2.24) is 15.1 Å². The van der Waals surface area contributed by atoms with Crippen LogP contribution in [0.4, 0.5) is 10.5 Å². The fraction of sp³-hybridized carbons (Fsp3) is 0.375. The van der Waals surface area contributed by atoms with Crippen molar-refractivity contribution < 1.29 is 19.0 Å². The van der Waals surface area contributed by atoms with Gasteiger partial charge in [-0.1, -0.05) is 0 Å². The first kappa shape index (κ1) is 16.7. The van der Waals surface area contributed by atoms with Crippen LogP contribution in [0.15, 0.2) is 16.9 Å². The van der Waals surface area contributed by atoms with E-state index in [1.165, 1.54) is 21.3 Å². The van der Waals surface area contributed by atoms with E-state index in [9.17, 15) is 9.59 Å². The van der Waals surface area contributed by atoms with Crippen molar-refractivity contribution in [3.05, 3.63) is 33.7 Å². The van der Waals surface area contributed by atoms with Crippen LogP contribution in [-0.4, -0.2) is 49.0 Å². The van der Waals surface area contributed by atoms with Crippen LogP contribution in [0.1, 0.15) is 11.3 Å². The number of aromatic nitrogens is 2. The van der Waals surface area contributed by atoms with Crippen molar-refractivity contribution in [2.45, 2.75) is 13.0 Å². The zero-order valence-electron chi connectivity index (χ0n) is 14.3. The van der Waals surface area contributed by atoms with Gasteiger partial charge in [-0.25, -0.2) is 4.79 Å². The Balaban J connectivity index is 1.78. The number of rotatable bonds is 4. The minimum Gasteiger partial charge on any atom is -0.493 e. The number of methoxy groups -OCH3 is 3. The molecule has 0 saturated heterocycles. The molecule has 0 aliphatic carbocycles. The molecule has 2 aromatic rings. The van der Waals surface area contributed by atoms with Crippen LogP contribution in [0.25, 0.3) is 0 Å². The van der Waals surface area contributed by atoms with Gasteiger partial charge in [0.15, 0.2) is 11.5 Å². The number of urea groups is 1. The first-order valence-electron chi connectivity index (χ1n) is 7.71. The number of aromatic amines is 2. The maximum Gasteiger partial charge on any atom is 0.322 e. The lowest BCUT2D eigenvalue weighted by atomic mass is 10.1. The summed E-state index contributed by atoms with van der Waals surface area (Å²) in [4.78, 5) is 25.7. The van der Waals surface area contributed by atoms with Crippen LogP contribution < -0.4 is 25.1 Å². The van der Waals surface area contributed by atoms with Gasteiger partial charge >= 0.3 is 6.03 Å². The molecule has 0 spiro atoms. The normalized spacial score (nSPS) is 13.2. The van der Waals surface area contributed by atoms with Crippen LogP contribution in [-0.2, 0) is 13.0 Å². The highest BCUT2D eigenvalue weighted by atomic mass is 16.5. The summed E-state index contributed by atoms with van der Waals surface area (Å²) < 4.78 is 15.8. The first-order valence-corrected chi connectivity index (χ1v) is 7.71. The number of H-pyrrole nitrogens is 2. The monoisotopic (exact) mass is 348 g/mol. The van der Waals surface area contributed by atoms with E-state index in [0.717, 1.165) is 5.69 Å². The van der Waals surface area contributed by atoms with Crippen molar-refractivity contribution in [2.75, 3.05) is 33.2 Å². The molecule has 9 nitrogen and oxygen atoms in total. The lowest BCUT2D eigenvalue weighted by molar-refractivity contribution is 0.205. The summed E-state index contributed by atoms with van der Waals surface area (Å²) in [5.74, 6) is 1.36. The zero-order valence-corrected chi connectivity index (χ0v) is 14.3. The molecule has 3 rings (SSSR count). The number of fused-ring (bicyclic) bond motifs is 1. The number of hydrogen-bond acceptors (Lipinski definition) is 5. The molecule has 134 valence electrons. The maximum atomic E-state index is 12.5. The number of nitrogens with zero attached hydrogens (tertiary/aromatic N) is 1. The number of hydrogen-bond donors (Lipinski definition) is 3. The van der Waals surface area contributed by atoms with Crippen molar-refractivity contribution in [2.24, 2.45) is 0 Å². The van der Waals surface area contributed by atoms with E-state index in [1.54, 1.807) is 17.0 Å². The first-order chi connectivity index (χ1) is 12.1. The molecule has 1 aliphatic rings. The quantitative estimate of drug-likeness (QED) is 0.772. The molecule has 25 heavy (non-hydrogen) atoms. The third kappa shape index (κ3) is 3.12. The van der Waals surface area contributed by atoms with Crippen LogP contribution in [0.5, 0.6) is 17.2 Å². The van der Waals surface area contributed by atoms with Crippen LogP contribution in [0.2, 0.25) is 0 Å². The van der Waals surface area contributed by atoms with E-state index >= 15 is 0 Å². The molecular formula is C16H20N4O5. The molecule has 1 aliphatic heterocycles. The summed E-state index contributed by atoms with van der Waals surface area (Å²) in [6, 6.07) is 3.04. The molecule has 0 bridgehead atoms. The summed E-state index contributed by atoms with van der Waals surface area (Å²) in [7, 11) is 4.54. The van der Waals surface area contributed by atoms with Gasteiger partial charge in [0.2, 0.25) is 5.75 Å². The van der Waals surface area contributed by atoms with E-state index in [1.807, 2.05) is 0 Å². The Morgan fingerprint density at radius 3 is 2.40 bits per heavy atom. The van der Waals surface area contributed by atoms with Gasteiger partial charge in [-0.2, -0.15) is 0 Å². The van der Waals surface area contributed by atoms with Crippen LogP contribution >= 0.6 is 0 Å². The maximum absolute atomic E-state index is 12.5. The molecule has 0 saturated carbocycles. The van der Waals surface area contributed by atoms with Gasteiger partial charge in [0, 0.05) is 24.2 Å². The zero-order chi connectivity index (χ0) is 18.0. The van der Waals surface area contributed by atoms with Gasteiger partial charge in [0.05, 0.1) is 39.3 Å². The Kier molecular flexibility index (Phi) is 4.55. The Labute approximate surface area is 143 Å². The van der Waals surface area contributed by atoms with Crippen LogP contribution in [0, 0.1) is 0 Å². The molecule has 0 atom stereocenters. The van der Waals surface area contributed by atoms with Crippen molar-refractivity contribution in [3.8, 4) is 17.2 Å². The second-order valence-corrected chi connectivity index (χ2v) is 5.55. The third-order valence-corrected chi connectivity index (χ3v) is 4.15. The van der Waals surface area contributed by atoms with Crippen molar-refractivity contribution in [1.29, 1.82) is 0 Å².